The van der Waals surface area contributed by atoms with Crippen LogP contribution in [-0.2, 0) is 20.7 Å². The molecule has 26 heavy (non-hydrogen) atoms. The lowest BCUT2D eigenvalue weighted by atomic mass is 10.1. The first-order valence-corrected chi connectivity index (χ1v) is 8.93. The van der Waals surface area contributed by atoms with Crippen molar-refractivity contribution in [1.82, 2.24) is 4.90 Å². The van der Waals surface area contributed by atoms with Crippen LogP contribution in [0.25, 0.3) is 0 Å². The molecule has 0 spiro atoms. The van der Waals surface area contributed by atoms with E-state index in [1.807, 2.05) is 39.8 Å². The minimum absolute atomic E-state index is 0.0513. The zero-order valence-corrected chi connectivity index (χ0v) is 16.9. The summed E-state index contributed by atoms with van der Waals surface area (Å²) in [6.07, 6.45) is -0.105. The van der Waals surface area contributed by atoms with Gasteiger partial charge in [-0.25, -0.2) is 0 Å². The Bertz CT molecular complexity index is 604. The molecule has 0 aliphatic heterocycles. The van der Waals surface area contributed by atoms with Crippen LogP contribution in [0.3, 0.4) is 0 Å². The summed E-state index contributed by atoms with van der Waals surface area (Å²) in [5.41, 5.74) is 0.935. The van der Waals surface area contributed by atoms with Gasteiger partial charge in [-0.2, -0.15) is 0 Å². The number of esters is 1. The maximum absolute atomic E-state index is 12.5. The Kier molecular flexibility index (Phi) is 8.42. The third kappa shape index (κ3) is 5.93. The van der Waals surface area contributed by atoms with Crippen LogP contribution in [0.15, 0.2) is 18.2 Å². The van der Waals surface area contributed by atoms with Gasteiger partial charge in [-0.15, -0.1) is 0 Å². The van der Waals surface area contributed by atoms with Crippen LogP contribution < -0.4 is 9.47 Å². The average molecular weight is 365 g/mol. The summed E-state index contributed by atoms with van der Waals surface area (Å²) < 4.78 is 15.8. The second kappa shape index (κ2) is 10.0. The van der Waals surface area contributed by atoms with Crippen molar-refractivity contribution in [3.63, 3.8) is 0 Å². The Morgan fingerprint density at radius 2 is 1.54 bits per heavy atom. The number of amides is 1. The van der Waals surface area contributed by atoms with Crippen LogP contribution in [0.5, 0.6) is 11.5 Å². The van der Waals surface area contributed by atoms with E-state index in [1.54, 1.807) is 32.1 Å². The van der Waals surface area contributed by atoms with Gasteiger partial charge in [0.15, 0.2) is 17.6 Å². The molecule has 0 saturated heterocycles. The summed E-state index contributed by atoms with van der Waals surface area (Å²) in [4.78, 5) is 26.4. The highest BCUT2D eigenvalue weighted by atomic mass is 16.5. The molecule has 0 radical (unpaired) electrons. The van der Waals surface area contributed by atoms with Gasteiger partial charge in [0.25, 0.3) is 5.91 Å². The van der Waals surface area contributed by atoms with Crippen molar-refractivity contribution in [2.45, 2.75) is 65.6 Å². The molecule has 6 heteroatoms. The lowest BCUT2D eigenvalue weighted by Gasteiger charge is -2.32. The van der Waals surface area contributed by atoms with Crippen molar-refractivity contribution in [3.05, 3.63) is 23.8 Å². The zero-order valence-electron chi connectivity index (χ0n) is 16.9. The van der Waals surface area contributed by atoms with E-state index in [1.165, 1.54) is 0 Å². The molecule has 1 atom stereocenters. The van der Waals surface area contributed by atoms with E-state index >= 15 is 0 Å². The van der Waals surface area contributed by atoms with Crippen LogP contribution in [0.1, 0.15) is 46.6 Å². The zero-order chi connectivity index (χ0) is 19.9. The van der Waals surface area contributed by atoms with E-state index in [0.29, 0.717) is 17.9 Å². The molecule has 6 nitrogen and oxygen atoms in total. The largest absolute Gasteiger partial charge is 0.493 e. The van der Waals surface area contributed by atoms with Gasteiger partial charge in [-0.05, 0) is 58.7 Å². The van der Waals surface area contributed by atoms with Crippen molar-refractivity contribution in [2.75, 3.05) is 14.2 Å². The minimum atomic E-state index is -0.794. The number of rotatable bonds is 9. The molecule has 1 aromatic rings. The second-order valence-electron chi connectivity index (χ2n) is 6.75. The molecule has 0 aliphatic carbocycles. The lowest BCUT2D eigenvalue weighted by Crippen LogP contribution is -2.47. The predicted molar refractivity (Wildman–Crippen MR) is 101 cm³/mol. The Morgan fingerprint density at radius 1 is 0.962 bits per heavy atom. The summed E-state index contributed by atoms with van der Waals surface area (Å²) in [7, 11) is 3.14. The van der Waals surface area contributed by atoms with Crippen molar-refractivity contribution < 1.29 is 23.8 Å². The van der Waals surface area contributed by atoms with E-state index < -0.39 is 12.1 Å². The van der Waals surface area contributed by atoms with Gasteiger partial charge in [0.05, 0.1) is 14.2 Å². The van der Waals surface area contributed by atoms with Crippen molar-refractivity contribution in [1.29, 1.82) is 0 Å². The fourth-order valence-corrected chi connectivity index (χ4v) is 2.90. The highest BCUT2D eigenvalue weighted by Gasteiger charge is 2.27. The van der Waals surface area contributed by atoms with Crippen molar-refractivity contribution >= 4 is 11.9 Å². The highest BCUT2D eigenvalue weighted by molar-refractivity contribution is 5.84. The van der Waals surface area contributed by atoms with Gasteiger partial charge in [0, 0.05) is 18.5 Å². The maximum atomic E-state index is 12.5. The molecule has 0 fully saturated rings. The number of hydrogen-bond donors (Lipinski definition) is 0. The van der Waals surface area contributed by atoms with Crippen LogP contribution in [0.2, 0.25) is 0 Å². The molecule has 146 valence electrons. The normalized spacial score (nSPS) is 12.0. The Hall–Kier alpha value is -2.24. The third-order valence-electron chi connectivity index (χ3n) is 4.09. The number of nitrogens with zero attached hydrogens (tertiary/aromatic N) is 1. The Morgan fingerprint density at radius 3 is 2.04 bits per heavy atom. The van der Waals surface area contributed by atoms with Gasteiger partial charge < -0.3 is 19.1 Å². The fourth-order valence-electron chi connectivity index (χ4n) is 2.90. The number of methoxy groups -OCH3 is 2. The topological polar surface area (TPSA) is 65.1 Å². The summed E-state index contributed by atoms with van der Waals surface area (Å²) in [6.45, 7) is 9.41. The number of carbonyl (C=O) groups is 2. The number of benzene rings is 1. The van der Waals surface area contributed by atoms with Crippen LogP contribution >= 0.6 is 0 Å². The first kappa shape index (κ1) is 21.8. The summed E-state index contributed by atoms with van der Waals surface area (Å²) in [6, 6.07) is 5.61. The van der Waals surface area contributed by atoms with Crippen LogP contribution in [0, 0.1) is 0 Å². The molecule has 0 bridgehead atoms. The third-order valence-corrected chi connectivity index (χ3v) is 4.09. The van der Waals surface area contributed by atoms with Crippen molar-refractivity contribution in [2.24, 2.45) is 0 Å². The first-order valence-electron chi connectivity index (χ1n) is 8.93. The number of hydrogen-bond acceptors (Lipinski definition) is 5. The molecule has 0 aliphatic rings. The van der Waals surface area contributed by atoms with Crippen molar-refractivity contribution in [3.8, 4) is 11.5 Å². The van der Waals surface area contributed by atoms with Gasteiger partial charge in [0.1, 0.15) is 0 Å². The van der Waals surface area contributed by atoms with E-state index in [2.05, 4.69) is 0 Å². The lowest BCUT2D eigenvalue weighted by molar-refractivity contribution is -0.161. The van der Waals surface area contributed by atoms with E-state index in [9.17, 15) is 9.59 Å². The molecule has 1 aromatic carbocycles. The van der Waals surface area contributed by atoms with Gasteiger partial charge in [0.2, 0.25) is 0 Å². The van der Waals surface area contributed by atoms with Gasteiger partial charge >= 0.3 is 5.97 Å². The fraction of sp³-hybridized carbons (Fsp3) is 0.600. The molecular weight excluding hydrogens is 334 g/mol. The standard InChI is InChI=1S/C20H31NO5/c1-13(2)21(14(3)4)20(23)15(5)26-19(22)11-9-16-8-10-17(24-6)18(12-16)25-7/h8,10,12-15H,9,11H2,1-7H3. The SMILES string of the molecule is COc1ccc(CCC(=O)OC(C)C(=O)N(C(C)C)C(C)C)cc1OC. The van der Waals surface area contributed by atoms with Crippen LogP contribution in [-0.4, -0.2) is 49.2 Å². The highest BCUT2D eigenvalue weighted by Crippen LogP contribution is 2.28. The summed E-state index contributed by atoms with van der Waals surface area (Å²) >= 11 is 0. The first-order chi connectivity index (χ1) is 12.2. The molecule has 0 saturated carbocycles. The van der Waals surface area contributed by atoms with Gasteiger partial charge in [-0.1, -0.05) is 6.07 Å². The molecule has 1 amide bonds. The second-order valence-corrected chi connectivity index (χ2v) is 6.75. The number of ether oxygens (including phenoxy) is 3. The smallest absolute Gasteiger partial charge is 0.306 e. The predicted octanol–water partition coefficient (Wildman–Crippen LogP) is 3.21. The molecule has 0 aromatic heterocycles. The molecule has 0 N–H and O–H groups in total. The van der Waals surface area contributed by atoms with E-state index in [-0.39, 0.29) is 24.4 Å². The molecule has 1 unspecified atom stereocenters. The minimum Gasteiger partial charge on any atom is -0.493 e. The quantitative estimate of drug-likeness (QED) is 0.629. The summed E-state index contributed by atoms with van der Waals surface area (Å²) in [5, 5.41) is 0. The molecule has 1 rings (SSSR count). The molecular formula is C20H31NO5. The summed E-state index contributed by atoms with van der Waals surface area (Å²) in [5.74, 6) is 0.689. The molecule has 0 heterocycles. The van der Waals surface area contributed by atoms with E-state index in [4.69, 9.17) is 14.2 Å². The van der Waals surface area contributed by atoms with E-state index in [0.717, 1.165) is 5.56 Å². The maximum Gasteiger partial charge on any atom is 0.306 e. The van der Waals surface area contributed by atoms with Gasteiger partial charge in [-0.3, -0.25) is 9.59 Å². The number of carbonyl (C=O) groups excluding carboxylic acids is 2. The Labute approximate surface area is 156 Å². The Balaban J connectivity index is 2.62. The monoisotopic (exact) mass is 365 g/mol. The number of aryl methyl sites for hydroxylation is 1. The average Bonchev–Trinajstić information content (AvgIpc) is 2.58. The van der Waals surface area contributed by atoms with Crippen LogP contribution in [0.4, 0.5) is 0 Å².